The van der Waals surface area contributed by atoms with Crippen LogP contribution in [-0.2, 0) is 4.79 Å². The average Bonchev–Trinajstić information content (AvgIpc) is 2.91. The standard InChI is InChI=1S/C27H28N2O7/c1-17(18-8-10-23-25(14-18)35-13-12-34-23)28-27(31)19-9-11-22(24(15-19)33-3)36-16-26(30)29-20-6-4-5-7-21(20)32-2/h4-11,14-15,17H,12-13,16H2,1-3H3,(H,28,31)(H,29,30)/t17-/m1/s1. The Morgan fingerprint density at radius 3 is 2.42 bits per heavy atom. The van der Waals surface area contributed by atoms with Crippen molar-refractivity contribution in [1.29, 1.82) is 0 Å². The fourth-order valence-electron chi connectivity index (χ4n) is 3.70. The molecule has 1 aliphatic heterocycles. The van der Waals surface area contributed by atoms with Crippen LogP contribution in [0.1, 0.15) is 28.9 Å². The van der Waals surface area contributed by atoms with Gasteiger partial charge in [0.1, 0.15) is 19.0 Å². The van der Waals surface area contributed by atoms with E-state index in [1.54, 1.807) is 36.4 Å². The highest BCUT2D eigenvalue weighted by Crippen LogP contribution is 2.33. The van der Waals surface area contributed by atoms with Gasteiger partial charge < -0.3 is 34.3 Å². The van der Waals surface area contributed by atoms with Crippen LogP contribution in [0.3, 0.4) is 0 Å². The Balaban J connectivity index is 1.37. The van der Waals surface area contributed by atoms with E-state index in [9.17, 15) is 9.59 Å². The summed E-state index contributed by atoms with van der Waals surface area (Å²) in [7, 11) is 3.00. The van der Waals surface area contributed by atoms with E-state index in [0.717, 1.165) is 5.56 Å². The number of rotatable bonds is 9. The zero-order valence-corrected chi connectivity index (χ0v) is 20.3. The Kier molecular flexibility index (Phi) is 7.79. The van der Waals surface area contributed by atoms with Crippen LogP contribution in [0.5, 0.6) is 28.7 Å². The molecular formula is C27H28N2O7. The van der Waals surface area contributed by atoms with Gasteiger partial charge >= 0.3 is 0 Å². The zero-order valence-electron chi connectivity index (χ0n) is 20.3. The molecule has 2 N–H and O–H groups in total. The highest BCUT2D eigenvalue weighted by molar-refractivity contribution is 5.95. The van der Waals surface area contributed by atoms with Crippen LogP contribution in [0.2, 0.25) is 0 Å². The fraction of sp³-hybridized carbons (Fsp3) is 0.259. The summed E-state index contributed by atoms with van der Waals surface area (Å²) in [5.74, 6) is 1.93. The second kappa shape index (κ2) is 11.4. The molecule has 9 nitrogen and oxygen atoms in total. The number of fused-ring (bicyclic) bond motifs is 1. The summed E-state index contributed by atoms with van der Waals surface area (Å²) in [5, 5.41) is 5.71. The van der Waals surface area contributed by atoms with E-state index in [1.807, 2.05) is 31.2 Å². The number of methoxy groups -OCH3 is 2. The first kappa shape index (κ1) is 24.7. The largest absolute Gasteiger partial charge is 0.495 e. The monoisotopic (exact) mass is 492 g/mol. The van der Waals surface area contributed by atoms with Crippen molar-refractivity contribution in [3.63, 3.8) is 0 Å². The fourth-order valence-corrected chi connectivity index (χ4v) is 3.70. The average molecular weight is 493 g/mol. The lowest BCUT2D eigenvalue weighted by atomic mass is 10.1. The van der Waals surface area contributed by atoms with Gasteiger partial charge in [-0.25, -0.2) is 0 Å². The van der Waals surface area contributed by atoms with E-state index >= 15 is 0 Å². The van der Waals surface area contributed by atoms with Gasteiger partial charge in [-0.15, -0.1) is 0 Å². The van der Waals surface area contributed by atoms with Crippen LogP contribution in [0.25, 0.3) is 0 Å². The van der Waals surface area contributed by atoms with E-state index in [2.05, 4.69) is 10.6 Å². The molecule has 0 saturated heterocycles. The minimum absolute atomic E-state index is 0.249. The normalized spacial score (nSPS) is 12.8. The van der Waals surface area contributed by atoms with Gasteiger partial charge in [0.2, 0.25) is 0 Å². The Bertz CT molecular complexity index is 1240. The summed E-state index contributed by atoms with van der Waals surface area (Å²) < 4.78 is 27.4. The summed E-state index contributed by atoms with van der Waals surface area (Å²) in [6.07, 6.45) is 0. The second-order valence-corrected chi connectivity index (χ2v) is 8.00. The molecule has 0 aliphatic carbocycles. The van der Waals surface area contributed by atoms with Crippen molar-refractivity contribution in [2.24, 2.45) is 0 Å². The molecular weight excluding hydrogens is 464 g/mol. The SMILES string of the molecule is COc1ccccc1NC(=O)COc1ccc(C(=O)N[C@H](C)c2ccc3c(c2)OCCO3)cc1OC. The van der Waals surface area contributed by atoms with Gasteiger partial charge in [-0.3, -0.25) is 9.59 Å². The number of carbonyl (C=O) groups is 2. The molecule has 1 heterocycles. The third-order valence-corrected chi connectivity index (χ3v) is 5.58. The van der Waals surface area contributed by atoms with Crippen molar-refractivity contribution >= 4 is 17.5 Å². The highest BCUT2D eigenvalue weighted by atomic mass is 16.6. The quantitative estimate of drug-likeness (QED) is 0.466. The molecule has 1 atom stereocenters. The van der Waals surface area contributed by atoms with E-state index in [4.69, 9.17) is 23.7 Å². The van der Waals surface area contributed by atoms with Crippen LogP contribution in [0, 0.1) is 0 Å². The minimum Gasteiger partial charge on any atom is -0.495 e. The number of ether oxygens (including phenoxy) is 5. The summed E-state index contributed by atoms with van der Waals surface area (Å²) in [4.78, 5) is 25.2. The van der Waals surface area contributed by atoms with Crippen LogP contribution in [0.4, 0.5) is 5.69 Å². The first-order chi connectivity index (χ1) is 17.5. The van der Waals surface area contributed by atoms with Gasteiger partial charge in [-0.1, -0.05) is 18.2 Å². The van der Waals surface area contributed by atoms with Crippen molar-refractivity contribution in [2.45, 2.75) is 13.0 Å². The predicted molar refractivity (Wildman–Crippen MR) is 133 cm³/mol. The van der Waals surface area contributed by atoms with E-state index in [-0.39, 0.29) is 24.5 Å². The number of carbonyl (C=O) groups excluding carboxylic acids is 2. The molecule has 2 amide bonds. The number of amides is 2. The first-order valence-electron chi connectivity index (χ1n) is 11.4. The molecule has 9 heteroatoms. The number of anilines is 1. The molecule has 0 unspecified atom stereocenters. The third-order valence-electron chi connectivity index (χ3n) is 5.58. The van der Waals surface area contributed by atoms with Crippen molar-refractivity contribution in [3.05, 3.63) is 71.8 Å². The maximum Gasteiger partial charge on any atom is 0.262 e. The number of nitrogens with one attached hydrogen (secondary N) is 2. The molecule has 0 fully saturated rings. The summed E-state index contributed by atoms with van der Waals surface area (Å²) >= 11 is 0. The molecule has 3 aromatic carbocycles. The van der Waals surface area contributed by atoms with Crippen LogP contribution in [-0.4, -0.2) is 45.9 Å². The number of para-hydroxylation sites is 2. The Hall–Kier alpha value is -4.40. The predicted octanol–water partition coefficient (Wildman–Crippen LogP) is 3.98. The Labute approximate surface area is 209 Å². The maximum absolute atomic E-state index is 12.9. The van der Waals surface area contributed by atoms with Crippen molar-refractivity contribution in [3.8, 4) is 28.7 Å². The van der Waals surface area contributed by atoms with Gasteiger partial charge in [0, 0.05) is 5.56 Å². The highest BCUT2D eigenvalue weighted by Gasteiger charge is 2.18. The van der Waals surface area contributed by atoms with Gasteiger partial charge in [-0.2, -0.15) is 0 Å². The van der Waals surface area contributed by atoms with Crippen LogP contribution < -0.4 is 34.3 Å². The van der Waals surface area contributed by atoms with E-state index in [1.165, 1.54) is 14.2 Å². The Morgan fingerprint density at radius 2 is 1.64 bits per heavy atom. The summed E-state index contributed by atoms with van der Waals surface area (Å²) in [6, 6.07) is 17.2. The minimum atomic E-state index is -0.364. The molecule has 0 saturated carbocycles. The number of benzene rings is 3. The molecule has 36 heavy (non-hydrogen) atoms. The Morgan fingerprint density at radius 1 is 0.889 bits per heavy atom. The van der Waals surface area contributed by atoms with Crippen molar-refractivity contribution < 1.29 is 33.3 Å². The third kappa shape index (κ3) is 5.80. The smallest absolute Gasteiger partial charge is 0.262 e. The van der Waals surface area contributed by atoms with Crippen LogP contribution >= 0.6 is 0 Å². The molecule has 188 valence electrons. The lowest BCUT2D eigenvalue weighted by molar-refractivity contribution is -0.118. The summed E-state index contributed by atoms with van der Waals surface area (Å²) in [6.45, 7) is 2.65. The molecule has 3 aromatic rings. The second-order valence-electron chi connectivity index (χ2n) is 8.00. The van der Waals surface area contributed by atoms with Gasteiger partial charge in [-0.05, 0) is 55.0 Å². The lowest BCUT2D eigenvalue weighted by Crippen LogP contribution is -2.27. The molecule has 1 aliphatic rings. The zero-order chi connectivity index (χ0) is 25.5. The molecule has 0 bridgehead atoms. The maximum atomic E-state index is 12.9. The molecule has 4 rings (SSSR count). The first-order valence-corrected chi connectivity index (χ1v) is 11.4. The van der Waals surface area contributed by atoms with Gasteiger partial charge in [0.05, 0.1) is 25.9 Å². The lowest BCUT2D eigenvalue weighted by Gasteiger charge is -2.21. The number of hydrogen-bond acceptors (Lipinski definition) is 7. The molecule has 0 radical (unpaired) electrons. The summed E-state index contributed by atoms with van der Waals surface area (Å²) in [5.41, 5.74) is 1.82. The van der Waals surface area contributed by atoms with Gasteiger partial charge in [0.15, 0.2) is 29.6 Å². The number of hydrogen-bond donors (Lipinski definition) is 2. The van der Waals surface area contributed by atoms with E-state index in [0.29, 0.717) is 53.2 Å². The molecule has 0 spiro atoms. The van der Waals surface area contributed by atoms with Crippen molar-refractivity contribution in [2.75, 3.05) is 39.4 Å². The van der Waals surface area contributed by atoms with Gasteiger partial charge in [0.25, 0.3) is 11.8 Å². The van der Waals surface area contributed by atoms with Crippen LogP contribution in [0.15, 0.2) is 60.7 Å². The molecule has 0 aromatic heterocycles. The van der Waals surface area contributed by atoms with Crippen molar-refractivity contribution in [1.82, 2.24) is 5.32 Å². The topological polar surface area (TPSA) is 104 Å². The van der Waals surface area contributed by atoms with E-state index < -0.39 is 0 Å².